The smallest absolute Gasteiger partial charge is 0.370 e. The first-order valence-electron chi connectivity index (χ1n) is 7.88. The van der Waals surface area contributed by atoms with Gasteiger partial charge in [-0.2, -0.15) is 13.2 Å². The zero-order valence-electron chi connectivity index (χ0n) is 13.2. The summed E-state index contributed by atoms with van der Waals surface area (Å²) >= 11 is 0. The SMILES string of the molecule is O=C(Nc1cc(F)ccc1N1CCCC1)c1ccc(C(F)(F)F)cc1. The third-order valence-corrected chi connectivity index (χ3v) is 4.13. The van der Waals surface area contributed by atoms with Crippen LogP contribution < -0.4 is 10.2 Å². The molecule has 25 heavy (non-hydrogen) atoms. The number of nitrogens with one attached hydrogen (secondary N) is 1. The number of anilines is 2. The fourth-order valence-electron chi connectivity index (χ4n) is 2.85. The molecular formula is C18H16F4N2O. The van der Waals surface area contributed by atoms with Crippen LogP contribution in [-0.2, 0) is 6.18 Å². The molecule has 132 valence electrons. The summed E-state index contributed by atoms with van der Waals surface area (Å²) in [6, 6.07) is 8.05. The summed E-state index contributed by atoms with van der Waals surface area (Å²) < 4.78 is 51.3. The van der Waals surface area contributed by atoms with Crippen LogP contribution in [0.5, 0.6) is 0 Å². The number of carbonyl (C=O) groups excluding carboxylic acids is 1. The Morgan fingerprint density at radius 2 is 1.64 bits per heavy atom. The summed E-state index contributed by atoms with van der Waals surface area (Å²) in [6.07, 6.45) is -2.42. The summed E-state index contributed by atoms with van der Waals surface area (Å²) in [5.41, 5.74) is 0.267. The van der Waals surface area contributed by atoms with Gasteiger partial charge in [0.15, 0.2) is 0 Å². The molecule has 1 fully saturated rings. The zero-order chi connectivity index (χ0) is 18.0. The maximum atomic E-state index is 13.6. The number of hydrogen-bond acceptors (Lipinski definition) is 2. The molecule has 2 aromatic rings. The molecule has 0 bridgehead atoms. The maximum absolute atomic E-state index is 13.6. The Balaban J connectivity index is 1.82. The number of hydrogen-bond donors (Lipinski definition) is 1. The lowest BCUT2D eigenvalue weighted by Gasteiger charge is -2.21. The molecule has 1 heterocycles. The Labute approximate surface area is 142 Å². The fourth-order valence-corrected chi connectivity index (χ4v) is 2.85. The number of benzene rings is 2. The summed E-state index contributed by atoms with van der Waals surface area (Å²) in [4.78, 5) is 14.4. The van der Waals surface area contributed by atoms with Crippen molar-refractivity contribution in [2.24, 2.45) is 0 Å². The summed E-state index contributed by atoms with van der Waals surface area (Å²) in [5, 5.41) is 2.60. The lowest BCUT2D eigenvalue weighted by atomic mass is 10.1. The van der Waals surface area contributed by atoms with E-state index in [4.69, 9.17) is 0 Å². The lowest BCUT2D eigenvalue weighted by molar-refractivity contribution is -0.137. The van der Waals surface area contributed by atoms with Crippen molar-refractivity contribution in [2.45, 2.75) is 19.0 Å². The highest BCUT2D eigenvalue weighted by atomic mass is 19.4. The largest absolute Gasteiger partial charge is 0.416 e. The predicted molar refractivity (Wildman–Crippen MR) is 87.2 cm³/mol. The first-order valence-corrected chi connectivity index (χ1v) is 7.88. The topological polar surface area (TPSA) is 32.3 Å². The maximum Gasteiger partial charge on any atom is 0.416 e. The van der Waals surface area contributed by atoms with Crippen molar-refractivity contribution in [3.63, 3.8) is 0 Å². The molecule has 0 aromatic heterocycles. The summed E-state index contributed by atoms with van der Waals surface area (Å²) in [6.45, 7) is 1.63. The predicted octanol–water partition coefficient (Wildman–Crippen LogP) is 4.70. The highest BCUT2D eigenvalue weighted by Crippen LogP contribution is 2.31. The monoisotopic (exact) mass is 352 g/mol. The summed E-state index contributed by atoms with van der Waals surface area (Å²) in [5.74, 6) is -1.08. The molecule has 0 atom stereocenters. The van der Waals surface area contributed by atoms with E-state index in [1.165, 1.54) is 12.1 Å². The van der Waals surface area contributed by atoms with E-state index in [1.807, 2.05) is 4.90 Å². The minimum Gasteiger partial charge on any atom is -0.370 e. The van der Waals surface area contributed by atoms with Gasteiger partial charge in [0.25, 0.3) is 5.91 Å². The molecule has 1 aliphatic heterocycles. The molecule has 7 heteroatoms. The van der Waals surface area contributed by atoms with E-state index in [0.717, 1.165) is 50.2 Å². The number of carbonyl (C=O) groups is 1. The molecule has 0 unspecified atom stereocenters. The van der Waals surface area contributed by atoms with Gasteiger partial charge in [-0.15, -0.1) is 0 Å². The second-order valence-electron chi connectivity index (χ2n) is 5.88. The first-order chi connectivity index (χ1) is 11.8. The first kappa shape index (κ1) is 17.3. The Bertz CT molecular complexity index is 766. The van der Waals surface area contributed by atoms with E-state index in [-0.39, 0.29) is 5.56 Å². The molecule has 1 amide bonds. The average Bonchev–Trinajstić information content (AvgIpc) is 3.08. The molecule has 3 nitrogen and oxygen atoms in total. The van der Waals surface area contributed by atoms with Crippen molar-refractivity contribution in [2.75, 3.05) is 23.3 Å². The molecule has 0 spiro atoms. The van der Waals surface area contributed by atoms with Gasteiger partial charge in [-0.3, -0.25) is 4.79 Å². The van der Waals surface area contributed by atoms with Gasteiger partial charge in [0, 0.05) is 18.7 Å². The van der Waals surface area contributed by atoms with Crippen molar-refractivity contribution in [1.82, 2.24) is 0 Å². The second kappa shape index (κ2) is 6.74. The Hall–Kier alpha value is -2.57. The van der Waals surface area contributed by atoms with Gasteiger partial charge in [0.05, 0.1) is 16.9 Å². The van der Waals surface area contributed by atoms with Gasteiger partial charge in [0.2, 0.25) is 0 Å². The van der Waals surface area contributed by atoms with E-state index in [9.17, 15) is 22.4 Å². The van der Waals surface area contributed by atoms with Crippen LogP contribution in [0.3, 0.4) is 0 Å². The van der Waals surface area contributed by atoms with Crippen LogP contribution in [0.1, 0.15) is 28.8 Å². The van der Waals surface area contributed by atoms with Gasteiger partial charge in [0.1, 0.15) is 5.82 Å². The van der Waals surface area contributed by atoms with E-state index in [1.54, 1.807) is 6.07 Å². The third kappa shape index (κ3) is 3.92. The molecule has 0 saturated carbocycles. The number of amides is 1. The van der Waals surface area contributed by atoms with Crippen molar-refractivity contribution < 1.29 is 22.4 Å². The van der Waals surface area contributed by atoms with Crippen molar-refractivity contribution in [3.05, 3.63) is 59.4 Å². The Morgan fingerprint density at radius 3 is 2.24 bits per heavy atom. The van der Waals surface area contributed by atoms with E-state index in [2.05, 4.69) is 5.32 Å². The summed E-state index contributed by atoms with van der Waals surface area (Å²) in [7, 11) is 0. The third-order valence-electron chi connectivity index (χ3n) is 4.13. The zero-order valence-corrected chi connectivity index (χ0v) is 13.2. The van der Waals surface area contributed by atoms with Crippen LogP contribution >= 0.6 is 0 Å². The van der Waals surface area contributed by atoms with E-state index >= 15 is 0 Å². The lowest BCUT2D eigenvalue weighted by Crippen LogP contribution is -2.21. The number of rotatable bonds is 3. The number of nitrogens with zero attached hydrogens (tertiary/aromatic N) is 1. The quantitative estimate of drug-likeness (QED) is 0.813. The highest BCUT2D eigenvalue weighted by Gasteiger charge is 2.30. The number of alkyl halides is 3. The molecule has 1 N–H and O–H groups in total. The van der Waals surface area contributed by atoms with Crippen molar-refractivity contribution >= 4 is 17.3 Å². The van der Waals surface area contributed by atoms with Crippen LogP contribution in [0.4, 0.5) is 28.9 Å². The molecule has 1 aliphatic rings. The molecule has 0 radical (unpaired) electrons. The normalized spacial score (nSPS) is 14.6. The van der Waals surface area contributed by atoms with Crippen LogP contribution in [0.2, 0.25) is 0 Å². The second-order valence-corrected chi connectivity index (χ2v) is 5.88. The molecule has 0 aliphatic carbocycles. The van der Waals surface area contributed by atoms with E-state index in [0.29, 0.717) is 11.4 Å². The van der Waals surface area contributed by atoms with Gasteiger partial charge in [-0.1, -0.05) is 0 Å². The standard InChI is InChI=1S/C18H16F4N2O/c19-14-7-8-16(24-9-1-2-10-24)15(11-14)23-17(25)12-3-5-13(6-4-12)18(20,21)22/h3-8,11H,1-2,9-10H2,(H,23,25). The van der Waals surface area contributed by atoms with Crippen LogP contribution in [0.15, 0.2) is 42.5 Å². The molecule has 1 saturated heterocycles. The van der Waals surface area contributed by atoms with Gasteiger partial charge in [-0.25, -0.2) is 4.39 Å². The van der Waals surface area contributed by atoms with E-state index < -0.39 is 23.5 Å². The minimum absolute atomic E-state index is 0.0737. The van der Waals surface area contributed by atoms with Crippen molar-refractivity contribution in [3.8, 4) is 0 Å². The average molecular weight is 352 g/mol. The van der Waals surface area contributed by atoms with Gasteiger partial charge < -0.3 is 10.2 Å². The van der Waals surface area contributed by atoms with Crippen LogP contribution in [0, 0.1) is 5.82 Å². The number of halogens is 4. The minimum atomic E-state index is -4.46. The van der Waals surface area contributed by atoms with Crippen LogP contribution in [0.25, 0.3) is 0 Å². The molecule has 2 aromatic carbocycles. The molecule has 3 rings (SSSR count). The van der Waals surface area contributed by atoms with Crippen LogP contribution in [-0.4, -0.2) is 19.0 Å². The van der Waals surface area contributed by atoms with Crippen molar-refractivity contribution in [1.29, 1.82) is 0 Å². The Morgan fingerprint density at radius 1 is 1.00 bits per heavy atom. The highest BCUT2D eigenvalue weighted by molar-refractivity contribution is 6.06. The molecular weight excluding hydrogens is 336 g/mol. The van der Waals surface area contributed by atoms with Gasteiger partial charge in [-0.05, 0) is 55.3 Å². The fraction of sp³-hybridized carbons (Fsp3) is 0.278. The van der Waals surface area contributed by atoms with Gasteiger partial charge >= 0.3 is 6.18 Å². The Kier molecular flexibility index (Phi) is 4.65.